The monoisotopic (exact) mass is 267 g/mol. The van der Waals surface area contributed by atoms with Crippen LogP contribution < -0.4 is 0 Å². The summed E-state index contributed by atoms with van der Waals surface area (Å²) in [5.41, 5.74) is 2.11. The zero-order valence-electron chi connectivity index (χ0n) is 9.50. The second-order valence-corrected chi connectivity index (χ2v) is 4.96. The molecule has 0 saturated carbocycles. The van der Waals surface area contributed by atoms with E-state index >= 15 is 0 Å². The molecule has 2 nitrogen and oxygen atoms in total. The first-order chi connectivity index (χ1) is 8.04. The largest absolute Gasteiger partial charge is 0.298 e. The van der Waals surface area contributed by atoms with Crippen LogP contribution in [0, 0.1) is 0 Å². The molecule has 0 amide bonds. The van der Waals surface area contributed by atoms with Gasteiger partial charge in [-0.25, -0.2) is 4.98 Å². The minimum absolute atomic E-state index is 0.194. The number of rotatable bonds is 2. The molecule has 0 aliphatic heterocycles. The Bertz CT molecular complexity index is 593. The molecule has 1 aromatic heterocycles. The summed E-state index contributed by atoms with van der Waals surface area (Å²) in [5.74, 6) is 0.194. The van der Waals surface area contributed by atoms with E-state index in [2.05, 4.69) is 4.98 Å². The minimum atomic E-state index is 0.194. The van der Waals surface area contributed by atoms with Crippen LogP contribution in [0.2, 0.25) is 10.2 Å². The molecule has 17 heavy (non-hydrogen) atoms. The molecule has 0 unspecified atom stereocenters. The van der Waals surface area contributed by atoms with Crippen LogP contribution >= 0.6 is 23.2 Å². The molecule has 0 radical (unpaired) electrons. The Kier molecular flexibility index (Phi) is 3.36. The number of halogens is 2. The lowest BCUT2D eigenvalue weighted by Crippen LogP contribution is -2.00. The number of hydrogen-bond donors (Lipinski definition) is 0. The maximum Gasteiger partial charge on any atom is 0.153 e. The van der Waals surface area contributed by atoms with Crippen LogP contribution in [0.3, 0.4) is 0 Å². The Morgan fingerprint density at radius 3 is 2.59 bits per heavy atom. The van der Waals surface area contributed by atoms with Gasteiger partial charge in [0.2, 0.25) is 0 Å². The molecule has 2 aromatic rings. The summed E-state index contributed by atoms with van der Waals surface area (Å²) in [4.78, 5) is 15.3. The number of carbonyl (C=O) groups is 1. The smallest absolute Gasteiger partial charge is 0.153 e. The van der Waals surface area contributed by atoms with Gasteiger partial charge in [-0.2, -0.15) is 0 Å². The number of carbonyl (C=O) groups excluding carboxylic acids is 1. The van der Waals surface area contributed by atoms with E-state index < -0.39 is 0 Å². The summed E-state index contributed by atoms with van der Waals surface area (Å²) >= 11 is 11.9. The molecule has 0 N–H and O–H groups in total. The molecule has 0 atom stereocenters. The number of aldehydes is 1. The van der Waals surface area contributed by atoms with E-state index in [1.165, 1.54) is 0 Å². The van der Waals surface area contributed by atoms with Gasteiger partial charge in [0, 0.05) is 10.4 Å². The number of pyridine rings is 1. The number of aromatic nitrogens is 1. The van der Waals surface area contributed by atoms with Crippen LogP contribution in [0.25, 0.3) is 10.9 Å². The Morgan fingerprint density at radius 1 is 1.29 bits per heavy atom. The van der Waals surface area contributed by atoms with Crippen molar-refractivity contribution in [3.8, 4) is 0 Å². The highest BCUT2D eigenvalue weighted by molar-refractivity contribution is 6.33. The fraction of sp³-hybridized carbons (Fsp3) is 0.231. The number of fused-ring (bicyclic) bond motifs is 1. The quantitative estimate of drug-likeness (QED) is 0.593. The highest BCUT2D eigenvalue weighted by Gasteiger charge is 2.16. The molecular weight excluding hydrogens is 257 g/mol. The minimum Gasteiger partial charge on any atom is -0.298 e. The van der Waals surface area contributed by atoms with Gasteiger partial charge in [0.1, 0.15) is 5.15 Å². The third kappa shape index (κ3) is 2.15. The number of hydrogen-bond acceptors (Lipinski definition) is 2. The van der Waals surface area contributed by atoms with E-state index in [4.69, 9.17) is 23.2 Å². The molecular formula is C13H11Cl2NO. The summed E-state index contributed by atoms with van der Waals surface area (Å²) in [7, 11) is 0. The van der Waals surface area contributed by atoms with Crippen molar-refractivity contribution in [2.24, 2.45) is 0 Å². The van der Waals surface area contributed by atoms with Gasteiger partial charge in [-0.3, -0.25) is 4.79 Å². The highest BCUT2D eigenvalue weighted by Crippen LogP contribution is 2.32. The average molecular weight is 268 g/mol. The molecule has 0 aliphatic carbocycles. The molecule has 88 valence electrons. The maximum atomic E-state index is 11.1. The van der Waals surface area contributed by atoms with Crippen molar-refractivity contribution in [3.05, 3.63) is 39.5 Å². The van der Waals surface area contributed by atoms with Gasteiger partial charge in [0.25, 0.3) is 0 Å². The Labute approximate surface area is 110 Å². The van der Waals surface area contributed by atoms with Crippen molar-refractivity contribution < 1.29 is 4.79 Å². The number of nitrogens with zero attached hydrogens (tertiary/aromatic N) is 1. The van der Waals surface area contributed by atoms with E-state index in [1.54, 1.807) is 12.1 Å². The van der Waals surface area contributed by atoms with Gasteiger partial charge in [-0.1, -0.05) is 43.1 Å². The van der Waals surface area contributed by atoms with Crippen LogP contribution in [0.15, 0.2) is 18.2 Å². The Balaban J connectivity index is 2.92. The predicted octanol–water partition coefficient (Wildman–Crippen LogP) is 4.48. The fourth-order valence-electron chi connectivity index (χ4n) is 1.98. The van der Waals surface area contributed by atoms with E-state index in [0.29, 0.717) is 10.6 Å². The van der Waals surface area contributed by atoms with Crippen LogP contribution in [0.5, 0.6) is 0 Å². The van der Waals surface area contributed by atoms with Crippen molar-refractivity contribution in [1.82, 2.24) is 4.98 Å². The lowest BCUT2D eigenvalue weighted by molar-refractivity contribution is 0.112. The predicted molar refractivity (Wildman–Crippen MR) is 71.2 cm³/mol. The molecule has 0 fully saturated rings. The molecule has 0 bridgehead atoms. The van der Waals surface area contributed by atoms with Crippen LogP contribution in [0.4, 0.5) is 0 Å². The molecule has 0 aliphatic rings. The topological polar surface area (TPSA) is 30.0 Å². The third-order valence-corrected chi connectivity index (χ3v) is 3.20. The van der Waals surface area contributed by atoms with Gasteiger partial charge in [-0.15, -0.1) is 0 Å². The Morgan fingerprint density at radius 2 is 2.00 bits per heavy atom. The third-order valence-electron chi connectivity index (χ3n) is 2.68. The normalized spacial score (nSPS) is 11.1. The van der Waals surface area contributed by atoms with Crippen molar-refractivity contribution in [2.75, 3.05) is 0 Å². The van der Waals surface area contributed by atoms with E-state index in [9.17, 15) is 4.79 Å². The molecule has 0 spiro atoms. The number of benzene rings is 1. The summed E-state index contributed by atoms with van der Waals surface area (Å²) in [5, 5.41) is 1.77. The van der Waals surface area contributed by atoms with Gasteiger partial charge in [-0.05, 0) is 23.6 Å². The van der Waals surface area contributed by atoms with E-state index in [0.717, 1.165) is 22.8 Å². The van der Waals surface area contributed by atoms with Crippen LogP contribution in [0.1, 0.15) is 35.7 Å². The first-order valence-electron chi connectivity index (χ1n) is 5.28. The SMILES string of the molecule is CC(C)c1c(C=O)c(Cl)nc2cc(Cl)ccc12. The summed E-state index contributed by atoms with van der Waals surface area (Å²) < 4.78 is 0. The molecule has 1 heterocycles. The van der Waals surface area contributed by atoms with Crippen LogP contribution in [-0.2, 0) is 0 Å². The first kappa shape index (κ1) is 12.3. The maximum absolute atomic E-state index is 11.1. The first-order valence-corrected chi connectivity index (χ1v) is 6.04. The van der Waals surface area contributed by atoms with Crippen molar-refractivity contribution in [3.63, 3.8) is 0 Å². The van der Waals surface area contributed by atoms with Gasteiger partial charge < -0.3 is 0 Å². The van der Waals surface area contributed by atoms with Gasteiger partial charge in [0.15, 0.2) is 6.29 Å². The fourth-order valence-corrected chi connectivity index (χ4v) is 2.39. The molecule has 4 heteroatoms. The molecule has 1 aromatic carbocycles. The van der Waals surface area contributed by atoms with Crippen LogP contribution in [-0.4, -0.2) is 11.3 Å². The molecule has 0 saturated heterocycles. The van der Waals surface area contributed by atoms with Crippen molar-refractivity contribution in [2.45, 2.75) is 19.8 Å². The lowest BCUT2D eigenvalue weighted by Gasteiger charge is -2.13. The summed E-state index contributed by atoms with van der Waals surface area (Å²) in [6.45, 7) is 4.04. The second kappa shape index (κ2) is 4.63. The lowest BCUT2D eigenvalue weighted by atomic mass is 9.94. The van der Waals surface area contributed by atoms with Crippen molar-refractivity contribution in [1.29, 1.82) is 0 Å². The zero-order valence-corrected chi connectivity index (χ0v) is 11.0. The zero-order chi connectivity index (χ0) is 12.6. The van der Waals surface area contributed by atoms with Gasteiger partial charge in [0.05, 0.1) is 11.1 Å². The summed E-state index contributed by atoms with van der Waals surface area (Å²) in [6, 6.07) is 5.42. The Hall–Kier alpha value is -1.12. The van der Waals surface area contributed by atoms with Crippen molar-refractivity contribution >= 4 is 40.4 Å². The van der Waals surface area contributed by atoms with E-state index in [-0.39, 0.29) is 11.1 Å². The molecule has 2 rings (SSSR count). The summed E-state index contributed by atoms with van der Waals surface area (Å²) in [6.07, 6.45) is 0.763. The second-order valence-electron chi connectivity index (χ2n) is 4.16. The average Bonchev–Trinajstić information content (AvgIpc) is 2.26. The highest BCUT2D eigenvalue weighted by atomic mass is 35.5. The van der Waals surface area contributed by atoms with Gasteiger partial charge >= 0.3 is 0 Å². The van der Waals surface area contributed by atoms with E-state index in [1.807, 2.05) is 19.9 Å². The standard InChI is InChI=1S/C13H11Cl2NO/c1-7(2)12-9-4-3-8(14)5-11(9)16-13(15)10(12)6-17/h3-7H,1-2H3.